The number of carbonyl (C=O) groups excluding carboxylic acids is 1. The molecule has 4 nitrogen and oxygen atoms in total. The molecule has 0 bridgehead atoms. The van der Waals surface area contributed by atoms with E-state index in [1.807, 2.05) is 36.1 Å². The molecule has 1 saturated carbocycles. The summed E-state index contributed by atoms with van der Waals surface area (Å²) in [6.45, 7) is 3.69. The first-order valence-electron chi connectivity index (χ1n) is 7.78. The molecule has 1 amide bonds. The number of nitrogens with two attached hydrogens (primary N) is 1. The molecule has 22 heavy (non-hydrogen) atoms. The Balaban J connectivity index is 0.00000176. The van der Waals surface area contributed by atoms with Crippen LogP contribution in [0.2, 0.25) is 0 Å². The minimum Gasteiger partial charge on any atom is -0.497 e. The number of rotatable bonds is 3. The van der Waals surface area contributed by atoms with Crippen molar-refractivity contribution in [2.75, 3.05) is 20.2 Å². The number of likely N-dealkylation sites (tertiary alicyclic amines) is 1. The molecule has 1 aliphatic heterocycles. The van der Waals surface area contributed by atoms with Gasteiger partial charge in [-0.1, -0.05) is 12.1 Å². The molecule has 0 spiro atoms. The fourth-order valence-corrected chi connectivity index (χ4v) is 3.81. The van der Waals surface area contributed by atoms with Crippen molar-refractivity contribution in [3.05, 3.63) is 29.8 Å². The summed E-state index contributed by atoms with van der Waals surface area (Å²) < 4.78 is 5.24. The van der Waals surface area contributed by atoms with Gasteiger partial charge >= 0.3 is 0 Å². The Labute approximate surface area is 138 Å². The molecule has 2 fully saturated rings. The third kappa shape index (κ3) is 3.08. The summed E-state index contributed by atoms with van der Waals surface area (Å²) in [7, 11) is 1.65. The normalized spacial score (nSPS) is 28.0. The zero-order valence-electron chi connectivity index (χ0n) is 13.2. The van der Waals surface area contributed by atoms with Crippen LogP contribution in [0.3, 0.4) is 0 Å². The highest BCUT2D eigenvalue weighted by Gasteiger charge is 2.43. The Hall–Kier alpha value is -1.26. The van der Waals surface area contributed by atoms with Gasteiger partial charge in [-0.2, -0.15) is 0 Å². The highest BCUT2D eigenvalue weighted by molar-refractivity contribution is 5.85. The highest BCUT2D eigenvalue weighted by atomic mass is 35.5. The monoisotopic (exact) mass is 324 g/mol. The topological polar surface area (TPSA) is 55.6 Å². The maximum Gasteiger partial charge on any atom is 0.229 e. The van der Waals surface area contributed by atoms with Gasteiger partial charge in [-0.3, -0.25) is 4.79 Å². The number of amides is 1. The number of fused-ring (bicyclic) bond motifs is 1. The van der Waals surface area contributed by atoms with Crippen molar-refractivity contribution in [2.24, 2.45) is 17.6 Å². The number of ether oxygens (including phenoxy) is 1. The van der Waals surface area contributed by atoms with Gasteiger partial charge in [0.05, 0.1) is 13.0 Å². The lowest BCUT2D eigenvalue weighted by Gasteiger charge is -2.23. The number of hydrogen-bond donors (Lipinski definition) is 1. The molecule has 4 unspecified atom stereocenters. The van der Waals surface area contributed by atoms with Gasteiger partial charge < -0.3 is 15.4 Å². The van der Waals surface area contributed by atoms with Crippen LogP contribution in [0.25, 0.3) is 0 Å². The molecule has 4 atom stereocenters. The molecule has 1 aliphatic carbocycles. The summed E-state index contributed by atoms with van der Waals surface area (Å²) >= 11 is 0. The van der Waals surface area contributed by atoms with Crippen molar-refractivity contribution < 1.29 is 9.53 Å². The van der Waals surface area contributed by atoms with E-state index < -0.39 is 0 Å². The third-order valence-corrected chi connectivity index (χ3v) is 5.19. The van der Waals surface area contributed by atoms with Crippen LogP contribution >= 0.6 is 12.4 Å². The standard InChI is InChI=1S/C17H24N2O2.ClH/c1-11(12-4-3-5-14(8-12)21-2)17(20)19-9-13-6-7-16(18)15(13)10-19;/h3-5,8,11,13,15-16H,6-7,9-10,18H2,1-2H3;1H. The molecule has 5 heteroatoms. The summed E-state index contributed by atoms with van der Waals surface area (Å²) in [5.74, 6) is 2.00. The van der Waals surface area contributed by atoms with Crippen molar-refractivity contribution >= 4 is 18.3 Å². The van der Waals surface area contributed by atoms with Gasteiger partial charge in [0, 0.05) is 19.1 Å². The summed E-state index contributed by atoms with van der Waals surface area (Å²) in [5, 5.41) is 0. The first kappa shape index (κ1) is 17.1. The summed E-state index contributed by atoms with van der Waals surface area (Å²) in [6, 6.07) is 8.06. The number of benzene rings is 1. The van der Waals surface area contributed by atoms with E-state index in [-0.39, 0.29) is 30.3 Å². The summed E-state index contributed by atoms with van der Waals surface area (Å²) in [5.41, 5.74) is 7.17. The molecule has 3 rings (SSSR count). The van der Waals surface area contributed by atoms with Gasteiger partial charge in [0.15, 0.2) is 0 Å². The number of halogens is 1. The zero-order chi connectivity index (χ0) is 15.0. The molecular weight excluding hydrogens is 300 g/mol. The molecular formula is C17H25ClN2O2. The minimum absolute atomic E-state index is 0. The van der Waals surface area contributed by atoms with E-state index in [4.69, 9.17) is 10.5 Å². The zero-order valence-corrected chi connectivity index (χ0v) is 14.0. The summed E-state index contributed by atoms with van der Waals surface area (Å²) in [6.07, 6.45) is 2.28. The van der Waals surface area contributed by atoms with Crippen LogP contribution in [-0.4, -0.2) is 37.0 Å². The Morgan fingerprint density at radius 1 is 1.36 bits per heavy atom. The van der Waals surface area contributed by atoms with Crippen molar-refractivity contribution in [3.8, 4) is 5.75 Å². The van der Waals surface area contributed by atoms with Crippen LogP contribution in [0.15, 0.2) is 24.3 Å². The number of nitrogens with zero attached hydrogens (tertiary/aromatic N) is 1. The predicted octanol–water partition coefficient (Wildman–Crippen LogP) is 2.42. The lowest BCUT2D eigenvalue weighted by Crippen LogP contribution is -2.35. The Bertz CT molecular complexity index is 537. The van der Waals surface area contributed by atoms with E-state index in [0.29, 0.717) is 11.8 Å². The molecule has 122 valence electrons. The van der Waals surface area contributed by atoms with Gasteiger partial charge in [0.1, 0.15) is 5.75 Å². The maximum absolute atomic E-state index is 12.7. The second-order valence-electron chi connectivity index (χ2n) is 6.41. The van der Waals surface area contributed by atoms with Gasteiger partial charge in [0.25, 0.3) is 0 Å². The van der Waals surface area contributed by atoms with Crippen molar-refractivity contribution in [1.29, 1.82) is 0 Å². The molecule has 1 aromatic carbocycles. The van der Waals surface area contributed by atoms with Crippen LogP contribution in [0.5, 0.6) is 5.75 Å². The van der Waals surface area contributed by atoms with Crippen LogP contribution in [0.4, 0.5) is 0 Å². The Morgan fingerprint density at radius 3 is 2.82 bits per heavy atom. The lowest BCUT2D eigenvalue weighted by atomic mass is 9.98. The summed E-state index contributed by atoms with van der Waals surface area (Å²) in [4.78, 5) is 14.7. The van der Waals surface area contributed by atoms with Crippen LogP contribution in [-0.2, 0) is 4.79 Å². The fourth-order valence-electron chi connectivity index (χ4n) is 3.81. The second-order valence-corrected chi connectivity index (χ2v) is 6.41. The van der Waals surface area contributed by atoms with E-state index in [9.17, 15) is 4.79 Å². The van der Waals surface area contributed by atoms with Gasteiger partial charge in [0.2, 0.25) is 5.91 Å². The van der Waals surface area contributed by atoms with Crippen molar-refractivity contribution in [1.82, 2.24) is 4.90 Å². The van der Waals surface area contributed by atoms with E-state index in [0.717, 1.165) is 30.8 Å². The molecule has 1 aromatic rings. The van der Waals surface area contributed by atoms with Crippen LogP contribution in [0.1, 0.15) is 31.2 Å². The Morgan fingerprint density at radius 2 is 2.14 bits per heavy atom. The van der Waals surface area contributed by atoms with E-state index in [1.165, 1.54) is 6.42 Å². The number of carbonyl (C=O) groups is 1. The highest BCUT2D eigenvalue weighted by Crippen LogP contribution is 2.38. The van der Waals surface area contributed by atoms with Crippen molar-refractivity contribution in [2.45, 2.75) is 31.7 Å². The van der Waals surface area contributed by atoms with E-state index in [2.05, 4.69) is 0 Å². The molecule has 1 saturated heterocycles. The average molecular weight is 325 g/mol. The molecule has 1 heterocycles. The van der Waals surface area contributed by atoms with Gasteiger partial charge in [-0.15, -0.1) is 12.4 Å². The third-order valence-electron chi connectivity index (χ3n) is 5.19. The first-order chi connectivity index (χ1) is 10.1. The predicted molar refractivity (Wildman–Crippen MR) is 89.4 cm³/mol. The first-order valence-corrected chi connectivity index (χ1v) is 7.78. The molecule has 2 aliphatic rings. The maximum atomic E-state index is 12.7. The lowest BCUT2D eigenvalue weighted by molar-refractivity contribution is -0.131. The smallest absolute Gasteiger partial charge is 0.229 e. The number of methoxy groups -OCH3 is 1. The van der Waals surface area contributed by atoms with Crippen molar-refractivity contribution in [3.63, 3.8) is 0 Å². The van der Waals surface area contributed by atoms with E-state index in [1.54, 1.807) is 7.11 Å². The minimum atomic E-state index is -0.129. The average Bonchev–Trinajstić information content (AvgIpc) is 3.08. The molecule has 0 radical (unpaired) electrons. The van der Waals surface area contributed by atoms with Crippen LogP contribution < -0.4 is 10.5 Å². The largest absolute Gasteiger partial charge is 0.497 e. The molecule has 0 aromatic heterocycles. The second kappa shape index (κ2) is 6.88. The van der Waals surface area contributed by atoms with E-state index >= 15 is 0 Å². The Kier molecular flexibility index (Phi) is 5.35. The molecule has 2 N–H and O–H groups in total. The van der Waals surface area contributed by atoms with Gasteiger partial charge in [-0.05, 0) is 49.3 Å². The SMILES string of the molecule is COc1cccc(C(C)C(=O)N2CC3CCC(N)C3C2)c1.Cl. The fraction of sp³-hybridized carbons (Fsp3) is 0.588. The number of hydrogen-bond acceptors (Lipinski definition) is 3. The quantitative estimate of drug-likeness (QED) is 0.929. The van der Waals surface area contributed by atoms with Gasteiger partial charge in [-0.25, -0.2) is 0 Å². The van der Waals surface area contributed by atoms with Crippen LogP contribution in [0, 0.1) is 11.8 Å².